The van der Waals surface area contributed by atoms with E-state index in [0.717, 1.165) is 5.56 Å². The predicted octanol–water partition coefficient (Wildman–Crippen LogP) is 0.661. The second kappa shape index (κ2) is 6.83. The zero-order valence-corrected chi connectivity index (χ0v) is 12.7. The summed E-state index contributed by atoms with van der Waals surface area (Å²) in [5, 5.41) is 7.79. The predicted molar refractivity (Wildman–Crippen MR) is 76.0 cm³/mol. The van der Waals surface area contributed by atoms with Crippen molar-refractivity contribution in [2.75, 3.05) is 13.7 Å². The van der Waals surface area contributed by atoms with Gasteiger partial charge in [-0.15, -0.1) is 0 Å². The molecule has 20 heavy (non-hydrogen) atoms. The second-order valence-corrected chi connectivity index (χ2v) is 6.04. The maximum atomic E-state index is 12.1. The number of nitrogens with two attached hydrogens (primary N) is 1. The molecule has 112 valence electrons. The molecule has 6 nitrogen and oxygen atoms in total. The summed E-state index contributed by atoms with van der Waals surface area (Å²) in [6, 6.07) is 4.32. The van der Waals surface area contributed by atoms with Gasteiger partial charge in [0.15, 0.2) is 0 Å². The Morgan fingerprint density at radius 3 is 2.60 bits per heavy atom. The topological polar surface area (TPSA) is 98.5 Å². The van der Waals surface area contributed by atoms with Gasteiger partial charge >= 0.3 is 0 Å². The number of nitrogens with one attached hydrogen (secondary N) is 1. The van der Waals surface area contributed by atoms with Gasteiger partial charge in [-0.3, -0.25) is 4.79 Å². The number of ether oxygens (including phenoxy) is 1. The molecule has 0 saturated carbocycles. The molecule has 0 radical (unpaired) electrons. The van der Waals surface area contributed by atoms with Gasteiger partial charge in [-0.1, -0.05) is 13.0 Å². The molecular weight excluding hydrogens is 280 g/mol. The number of rotatable bonds is 6. The number of sulfonamides is 1. The molecule has 0 bridgehead atoms. The number of carbonyl (C=O) groups excluding carboxylic acids is 1. The lowest BCUT2D eigenvalue weighted by Crippen LogP contribution is -2.32. The highest BCUT2D eigenvalue weighted by molar-refractivity contribution is 7.89. The third kappa shape index (κ3) is 4.29. The summed E-state index contributed by atoms with van der Waals surface area (Å²) in [5.41, 5.74) is 1.09. The standard InChI is InChI=1S/C13H20N2O4S/c1-4-10-5-6-11(20(14,17)18)7-12(10)13(16)15-8-9(2)19-3/h5-7,9H,4,8H2,1-3H3,(H,15,16)(H2,14,17,18). The molecule has 1 atom stereocenters. The minimum Gasteiger partial charge on any atom is -0.380 e. The van der Waals surface area contributed by atoms with Gasteiger partial charge in [0.05, 0.1) is 11.0 Å². The summed E-state index contributed by atoms with van der Waals surface area (Å²) in [6.45, 7) is 4.06. The summed E-state index contributed by atoms with van der Waals surface area (Å²) in [6.07, 6.45) is 0.499. The summed E-state index contributed by atoms with van der Waals surface area (Å²) >= 11 is 0. The van der Waals surface area contributed by atoms with E-state index in [9.17, 15) is 13.2 Å². The second-order valence-electron chi connectivity index (χ2n) is 4.47. The molecule has 1 unspecified atom stereocenters. The summed E-state index contributed by atoms with van der Waals surface area (Å²) in [7, 11) is -2.27. The van der Waals surface area contributed by atoms with Gasteiger partial charge < -0.3 is 10.1 Å². The SMILES string of the molecule is CCc1ccc(S(N)(=O)=O)cc1C(=O)NCC(C)OC. The van der Waals surface area contributed by atoms with Gasteiger partial charge in [0, 0.05) is 19.2 Å². The molecule has 1 aromatic rings. The van der Waals surface area contributed by atoms with Crippen LogP contribution in [0.5, 0.6) is 0 Å². The van der Waals surface area contributed by atoms with Crippen LogP contribution in [0.4, 0.5) is 0 Å². The molecule has 7 heteroatoms. The number of benzene rings is 1. The maximum absolute atomic E-state index is 12.1. The zero-order valence-electron chi connectivity index (χ0n) is 11.8. The van der Waals surface area contributed by atoms with Crippen LogP contribution in [-0.4, -0.2) is 34.1 Å². The van der Waals surface area contributed by atoms with E-state index in [1.165, 1.54) is 12.1 Å². The van der Waals surface area contributed by atoms with Gasteiger partial charge in [-0.05, 0) is 31.0 Å². The van der Waals surface area contributed by atoms with Crippen molar-refractivity contribution in [1.29, 1.82) is 0 Å². The van der Waals surface area contributed by atoms with Crippen LogP contribution >= 0.6 is 0 Å². The maximum Gasteiger partial charge on any atom is 0.251 e. The van der Waals surface area contributed by atoms with E-state index in [1.54, 1.807) is 13.2 Å². The number of aryl methyl sites for hydroxylation is 1. The zero-order chi connectivity index (χ0) is 15.3. The molecule has 0 aliphatic carbocycles. The summed E-state index contributed by atoms with van der Waals surface area (Å²) in [5.74, 6) is -0.337. The van der Waals surface area contributed by atoms with E-state index >= 15 is 0 Å². The quantitative estimate of drug-likeness (QED) is 0.806. The summed E-state index contributed by atoms with van der Waals surface area (Å²) < 4.78 is 27.7. The van der Waals surface area contributed by atoms with E-state index in [1.807, 2.05) is 13.8 Å². The molecule has 1 rings (SSSR count). The number of methoxy groups -OCH3 is 1. The molecule has 0 fully saturated rings. The normalized spacial score (nSPS) is 13.0. The Morgan fingerprint density at radius 1 is 1.45 bits per heavy atom. The van der Waals surface area contributed by atoms with E-state index in [0.29, 0.717) is 18.5 Å². The van der Waals surface area contributed by atoms with Crippen molar-refractivity contribution in [3.05, 3.63) is 29.3 Å². The highest BCUT2D eigenvalue weighted by Gasteiger charge is 2.16. The first-order valence-corrected chi connectivity index (χ1v) is 7.81. The molecule has 0 aromatic heterocycles. The Labute approximate surface area is 119 Å². The first-order valence-electron chi connectivity index (χ1n) is 6.26. The number of carbonyl (C=O) groups is 1. The molecule has 0 aliphatic rings. The van der Waals surface area contributed by atoms with Crippen LogP contribution in [0.2, 0.25) is 0 Å². The van der Waals surface area contributed by atoms with Crippen LogP contribution in [0, 0.1) is 0 Å². The first-order chi connectivity index (χ1) is 9.29. The van der Waals surface area contributed by atoms with Gasteiger partial charge in [-0.25, -0.2) is 13.6 Å². The number of hydrogen-bond donors (Lipinski definition) is 2. The fourth-order valence-corrected chi connectivity index (χ4v) is 2.21. The minimum absolute atomic E-state index is 0.0698. The minimum atomic E-state index is -3.82. The molecule has 0 heterocycles. The van der Waals surface area contributed by atoms with Crippen LogP contribution in [0.1, 0.15) is 29.8 Å². The Hall–Kier alpha value is -1.44. The number of primary sulfonamides is 1. The van der Waals surface area contributed by atoms with Crippen molar-refractivity contribution < 1.29 is 17.9 Å². The van der Waals surface area contributed by atoms with Crippen molar-refractivity contribution in [3.63, 3.8) is 0 Å². The van der Waals surface area contributed by atoms with Crippen molar-refractivity contribution in [2.45, 2.75) is 31.3 Å². The fourth-order valence-electron chi connectivity index (χ4n) is 1.67. The molecule has 1 amide bonds. The monoisotopic (exact) mass is 300 g/mol. The lowest BCUT2D eigenvalue weighted by atomic mass is 10.0. The van der Waals surface area contributed by atoms with Crippen molar-refractivity contribution >= 4 is 15.9 Å². The highest BCUT2D eigenvalue weighted by atomic mass is 32.2. The number of hydrogen-bond acceptors (Lipinski definition) is 4. The first kappa shape index (κ1) is 16.6. The average molecular weight is 300 g/mol. The molecule has 1 aromatic carbocycles. The van der Waals surface area contributed by atoms with E-state index in [-0.39, 0.29) is 16.9 Å². The Bertz CT molecular complexity index is 584. The van der Waals surface area contributed by atoms with Gasteiger partial charge in [0.25, 0.3) is 5.91 Å². The van der Waals surface area contributed by atoms with Crippen LogP contribution in [0.25, 0.3) is 0 Å². The van der Waals surface area contributed by atoms with Crippen LogP contribution in [0.15, 0.2) is 23.1 Å². The van der Waals surface area contributed by atoms with Crippen molar-refractivity contribution in [1.82, 2.24) is 5.32 Å². The van der Waals surface area contributed by atoms with E-state index in [4.69, 9.17) is 9.88 Å². The van der Waals surface area contributed by atoms with Crippen molar-refractivity contribution in [3.8, 4) is 0 Å². The Kier molecular flexibility index (Phi) is 5.67. The lowest BCUT2D eigenvalue weighted by Gasteiger charge is -2.13. The van der Waals surface area contributed by atoms with Crippen LogP contribution in [-0.2, 0) is 21.2 Å². The van der Waals surface area contributed by atoms with Crippen LogP contribution < -0.4 is 10.5 Å². The smallest absolute Gasteiger partial charge is 0.251 e. The van der Waals surface area contributed by atoms with Crippen molar-refractivity contribution in [2.24, 2.45) is 5.14 Å². The Balaban J connectivity index is 3.05. The summed E-state index contributed by atoms with van der Waals surface area (Å²) in [4.78, 5) is 12.1. The number of amides is 1. The fraction of sp³-hybridized carbons (Fsp3) is 0.462. The largest absolute Gasteiger partial charge is 0.380 e. The molecule has 0 spiro atoms. The Morgan fingerprint density at radius 2 is 2.10 bits per heavy atom. The van der Waals surface area contributed by atoms with E-state index < -0.39 is 10.0 Å². The highest BCUT2D eigenvalue weighted by Crippen LogP contribution is 2.16. The third-order valence-electron chi connectivity index (χ3n) is 2.99. The van der Waals surface area contributed by atoms with E-state index in [2.05, 4.69) is 5.32 Å². The third-order valence-corrected chi connectivity index (χ3v) is 3.90. The van der Waals surface area contributed by atoms with Crippen LogP contribution in [0.3, 0.4) is 0 Å². The molecular formula is C13H20N2O4S. The lowest BCUT2D eigenvalue weighted by molar-refractivity contribution is 0.0869. The van der Waals surface area contributed by atoms with Gasteiger partial charge in [0.2, 0.25) is 10.0 Å². The average Bonchev–Trinajstić information content (AvgIpc) is 2.42. The van der Waals surface area contributed by atoms with Gasteiger partial charge in [0.1, 0.15) is 0 Å². The molecule has 0 aliphatic heterocycles. The molecule has 3 N–H and O–H groups in total. The van der Waals surface area contributed by atoms with Gasteiger partial charge in [-0.2, -0.15) is 0 Å². The molecule has 0 saturated heterocycles.